The van der Waals surface area contributed by atoms with Crippen LogP contribution in [0.25, 0.3) is 0 Å². The number of thioether (sulfide) groups is 1. The molecule has 1 heterocycles. The highest BCUT2D eigenvalue weighted by atomic mass is 32.2. The first-order chi connectivity index (χ1) is 8.24. The lowest BCUT2D eigenvalue weighted by Gasteiger charge is -2.02. The summed E-state index contributed by atoms with van der Waals surface area (Å²) in [4.78, 5) is 10.6. The van der Waals surface area contributed by atoms with E-state index in [-0.39, 0.29) is 5.76 Å². The Morgan fingerprint density at radius 3 is 2.88 bits per heavy atom. The molecule has 1 aromatic rings. The fraction of sp³-hybridized carbons (Fsp3) is 0.545. The zero-order chi connectivity index (χ0) is 12.5. The van der Waals surface area contributed by atoms with Gasteiger partial charge in [0.05, 0.1) is 13.2 Å². The van der Waals surface area contributed by atoms with Gasteiger partial charge < -0.3 is 19.0 Å². The smallest absolute Gasteiger partial charge is 0.371 e. The lowest BCUT2D eigenvalue weighted by molar-refractivity contribution is 0.0656. The van der Waals surface area contributed by atoms with Crippen LogP contribution in [0.3, 0.4) is 0 Å². The van der Waals surface area contributed by atoms with Gasteiger partial charge in [-0.3, -0.25) is 0 Å². The summed E-state index contributed by atoms with van der Waals surface area (Å²) in [6.07, 6.45) is 0.886. The lowest BCUT2D eigenvalue weighted by Crippen LogP contribution is -2.03. The molecule has 0 fully saturated rings. The molecule has 0 spiro atoms. The molecule has 96 valence electrons. The molecular weight excluding hydrogens is 244 g/mol. The molecule has 0 aliphatic rings. The van der Waals surface area contributed by atoms with Crippen molar-refractivity contribution in [2.24, 2.45) is 0 Å². The highest BCUT2D eigenvalue weighted by Crippen LogP contribution is 2.21. The molecule has 0 atom stereocenters. The summed E-state index contributed by atoms with van der Waals surface area (Å²) in [6, 6.07) is 3.12. The molecule has 1 aromatic heterocycles. The first-order valence-electron chi connectivity index (χ1n) is 5.26. The van der Waals surface area contributed by atoms with Crippen LogP contribution < -0.4 is 0 Å². The second kappa shape index (κ2) is 8.16. The summed E-state index contributed by atoms with van der Waals surface area (Å²) >= 11 is 1.48. The third-order valence-corrected chi connectivity index (χ3v) is 2.90. The summed E-state index contributed by atoms with van der Waals surface area (Å²) in [7, 11) is 1.64. The summed E-state index contributed by atoms with van der Waals surface area (Å²) in [5, 5.41) is 9.28. The molecular formula is C11H16O5S. The number of ether oxygens (including phenoxy) is 2. The SMILES string of the molecule is COCCOCCCSc1ccc(C(=O)O)o1. The van der Waals surface area contributed by atoms with Gasteiger partial charge in [-0.1, -0.05) is 11.8 Å². The van der Waals surface area contributed by atoms with E-state index in [0.717, 1.165) is 12.2 Å². The van der Waals surface area contributed by atoms with Crippen molar-refractivity contribution in [1.82, 2.24) is 0 Å². The van der Waals surface area contributed by atoms with Crippen molar-refractivity contribution < 1.29 is 23.8 Å². The van der Waals surface area contributed by atoms with Crippen LogP contribution in [0.2, 0.25) is 0 Å². The number of aromatic carboxylic acids is 1. The van der Waals surface area contributed by atoms with Crippen molar-refractivity contribution in [3.8, 4) is 0 Å². The van der Waals surface area contributed by atoms with Crippen LogP contribution in [0.1, 0.15) is 17.0 Å². The first-order valence-corrected chi connectivity index (χ1v) is 6.25. The molecule has 0 saturated carbocycles. The van der Waals surface area contributed by atoms with Crippen LogP contribution in [0.15, 0.2) is 21.6 Å². The minimum atomic E-state index is -1.04. The second-order valence-corrected chi connectivity index (χ2v) is 4.33. The van der Waals surface area contributed by atoms with E-state index in [9.17, 15) is 4.79 Å². The zero-order valence-electron chi connectivity index (χ0n) is 9.68. The van der Waals surface area contributed by atoms with E-state index < -0.39 is 5.97 Å². The second-order valence-electron chi connectivity index (χ2n) is 3.23. The standard InChI is InChI=1S/C11H16O5S/c1-14-6-7-15-5-2-8-17-10-4-3-9(16-10)11(12)13/h3-4H,2,5-8H2,1H3,(H,12,13). The van der Waals surface area contributed by atoms with Gasteiger partial charge in [0.2, 0.25) is 5.76 Å². The van der Waals surface area contributed by atoms with Gasteiger partial charge in [-0.25, -0.2) is 4.79 Å². The largest absolute Gasteiger partial charge is 0.475 e. The number of rotatable bonds is 9. The quantitative estimate of drug-likeness (QED) is 0.542. The number of hydrogen-bond acceptors (Lipinski definition) is 5. The van der Waals surface area contributed by atoms with Crippen molar-refractivity contribution in [1.29, 1.82) is 0 Å². The Balaban J connectivity index is 2.07. The fourth-order valence-corrected chi connectivity index (χ4v) is 1.87. The first kappa shape index (κ1) is 14.1. The number of methoxy groups -OCH3 is 1. The van der Waals surface area contributed by atoms with E-state index in [1.807, 2.05) is 0 Å². The highest BCUT2D eigenvalue weighted by Gasteiger charge is 2.08. The molecule has 0 bridgehead atoms. The Hall–Kier alpha value is -0.980. The predicted molar refractivity (Wildman–Crippen MR) is 63.7 cm³/mol. The van der Waals surface area contributed by atoms with Gasteiger partial charge >= 0.3 is 5.97 Å². The van der Waals surface area contributed by atoms with E-state index in [1.54, 1.807) is 13.2 Å². The van der Waals surface area contributed by atoms with E-state index in [1.165, 1.54) is 17.8 Å². The number of furan rings is 1. The maximum absolute atomic E-state index is 10.6. The molecule has 0 amide bonds. The maximum Gasteiger partial charge on any atom is 0.371 e. The van der Waals surface area contributed by atoms with Crippen molar-refractivity contribution in [2.45, 2.75) is 11.5 Å². The number of carboxylic acids is 1. The van der Waals surface area contributed by atoms with E-state index in [2.05, 4.69) is 0 Å². The third kappa shape index (κ3) is 5.76. The van der Waals surface area contributed by atoms with Gasteiger partial charge in [-0.2, -0.15) is 0 Å². The Morgan fingerprint density at radius 2 is 2.24 bits per heavy atom. The zero-order valence-corrected chi connectivity index (χ0v) is 10.5. The Morgan fingerprint density at radius 1 is 1.41 bits per heavy atom. The summed E-state index contributed by atoms with van der Waals surface area (Å²) < 4.78 is 15.2. The van der Waals surface area contributed by atoms with Crippen molar-refractivity contribution in [2.75, 3.05) is 32.7 Å². The van der Waals surface area contributed by atoms with Crippen LogP contribution >= 0.6 is 11.8 Å². The monoisotopic (exact) mass is 260 g/mol. The van der Waals surface area contributed by atoms with Gasteiger partial charge in [-0.15, -0.1) is 0 Å². The van der Waals surface area contributed by atoms with Crippen LogP contribution in [0.4, 0.5) is 0 Å². The maximum atomic E-state index is 10.6. The summed E-state index contributed by atoms with van der Waals surface area (Å²) in [5.41, 5.74) is 0. The average molecular weight is 260 g/mol. The van der Waals surface area contributed by atoms with Gasteiger partial charge in [0.25, 0.3) is 0 Å². The number of hydrogen-bond donors (Lipinski definition) is 1. The molecule has 1 N–H and O–H groups in total. The molecule has 0 aliphatic heterocycles. The van der Waals surface area contributed by atoms with Gasteiger partial charge in [0, 0.05) is 19.5 Å². The fourth-order valence-electron chi connectivity index (χ4n) is 1.09. The third-order valence-electron chi connectivity index (χ3n) is 1.90. The van der Waals surface area contributed by atoms with Gasteiger partial charge in [0.15, 0.2) is 5.09 Å². The van der Waals surface area contributed by atoms with Crippen molar-refractivity contribution in [3.05, 3.63) is 17.9 Å². The molecule has 0 unspecified atom stereocenters. The molecule has 0 saturated heterocycles. The van der Waals surface area contributed by atoms with E-state index >= 15 is 0 Å². The van der Waals surface area contributed by atoms with Crippen LogP contribution in [0, 0.1) is 0 Å². The molecule has 0 radical (unpaired) electrons. The van der Waals surface area contributed by atoms with Crippen LogP contribution in [-0.2, 0) is 9.47 Å². The average Bonchev–Trinajstić information content (AvgIpc) is 2.77. The van der Waals surface area contributed by atoms with Crippen LogP contribution in [-0.4, -0.2) is 43.8 Å². The summed E-state index contributed by atoms with van der Waals surface area (Å²) in [6.45, 7) is 1.88. The highest BCUT2D eigenvalue weighted by molar-refractivity contribution is 7.99. The van der Waals surface area contributed by atoms with Gasteiger partial charge in [-0.05, 0) is 18.6 Å². The van der Waals surface area contributed by atoms with Crippen molar-refractivity contribution >= 4 is 17.7 Å². The normalized spacial score (nSPS) is 10.6. The topological polar surface area (TPSA) is 68.9 Å². The summed E-state index contributed by atoms with van der Waals surface area (Å²) in [5.74, 6) is -0.233. The minimum Gasteiger partial charge on any atom is -0.475 e. The Labute approximate surface area is 104 Å². The molecule has 0 aromatic carbocycles. The number of carboxylic acid groups (broad SMARTS) is 1. The Kier molecular flexibility index (Phi) is 6.76. The van der Waals surface area contributed by atoms with Crippen molar-refractivity contribution in [3.63, 3.8) is 0 Å². The molecule has 1 rings (SSSR count). The lowest BCUT2D eigenvalue weighted by atomic mass is 10.5. The van der Waals surface area contributed by atoms with Crippen LogP contribution in [0.5, 0.6) is 0 Å². The molecule has 5 nitrogen and oxygen atoms in total. The van der Waals surface area contributed by atoms with Gasteiger partial charge in [0.1, 0.15) is 0 Å². The van der Waals surface area contributed by atoms with E-state index in [0.29, 0.717) is 24.9 Å². The molecule has 17 heavy (non-hydrogen) atoms. The van der Waals surface area contributed by atoms with E-state index in [4.69, 9.17) is 19.0 Å². The minimum absolute atomic E-state index is 0.0242. The molecule has 0 aliphatic carbocycles. The number of carbonyl (C=O) groups is 1. The Bertz CT molecular complexity index is 336. The molecule has 6 heteroatoms. The predicted octanol–water partition coefficient (Wildman–Crippen LogP) is 2.12.